The minimum absolute atomic E-state index is 0.440. The molecule has 0 heteroatoms. The van der Waals surface area contributed by atoms with E-state index in [0.29, 0.717) is 0 Å². The lowest BCUT2D eigenvalue weighted by atomic mass is 9.69. The Morgan fingerprint density at radius 2 is 0.782 bits per heavy atom. The molecule has 0 unspecified atom stereocenters. The van der Waals surface area contributed by atoms with Crippen LogP contribution in [0.5, 0.6) is 0 Å². The van der Waals surface area contributed by atoms with E-state index in [1.54, 1.807) is 0 Å². The van der Waals surface area contributed by atoms with Gasteiger partial charge in [-0.25, -0.2) is 0 Å². The Morgan fingerprint density at radius 3 is 1.53 bits per heavy atom. The van der Waals surface area contributed by atoms with Crippen LogP contribution in [0.25, 0.3) is 99.1 Å². The first-order valence-electron chi connectivity index (χ1n) is 19.3. The Hall–Kier alpha value is -7.02. The summed E-state index contributed by atoms with van der Waals surface area (Å²) >= 11 is 0. The molecule has 0 aromatic heterocycles. The van der Waals surface area contributed by atoms with E-state index in [-0.39, 0.29) is 0 Å². The van der Waals surface area contributed by atoms with Gasteiger partial charge < -0.3 is 0 Å². The normalized spacial score (nSPS) is 13.6. The van der Waals surface area contributed by atoms with Crippen LogP contribution in [-0.2, 0) is 5.41 Å². The molecule has 0 atom stereocenters. The topological polar surface area (TPSA) is 0 Å². The molecule has 3 aliphatic carbocycles. The summed E-state index contributed by atoms with van der Waals surface area (Å²) in [5, 5.41) is 7.81. The van der Waals surface area contributed by atoms with Crippen LogP contribution in [0.1, 0.15) is 22.3 Å². The number of fused-ring (bicyclic) bond motifs is 16. The van der Waals surface area contributed by atoms with Gasteiger partial charge in [0, 0.05) is 0 Å². The fourth-order valence-corrected chi connectivity index (χ4v) is 10.8. The largest absolute Gasteiger partial charge is 0.0726 e. The summed E-state index contributed by atoms with van der Waals surface area (Å²) in [6.45, 7) is 0. The van der Waals surface area contributed by atoms with Gasteiger partial charge in [0.1, 0.15) is 0 Å². The summed E-state index contributed by atoms with van der Waals surface area (Å²) in [5.74, 6) is 0. The van der Waals surface area contributed by atoms with Gasteiger partial charge in [0.05, 0.1) is 5.41 Å². The molecule has 10 aromatic rings. The fraction of sp³-hybridized carbons (Fsp3) is 0.0182. The lowest BCUT2D eigenvalue weighted by molar-refractivity contribution is 0.796. The first-order valence-corrected chi connectivity index (χ1v) is 19.3. The lowest BCUT2D eigenvalue weighted by Crippen LogP contribution is -2.26. The van der Waals surface area contributed by atoms with Crippen LogP contribution < -0.4 is 0 Å². The zero-order valence-corrected chi connectivity index (χ0v) is 30.0. The van der Waals surface area contributed by atoms with Crippen LogP contribution in [0.3, 0.4) is 0 Å². The van der Waals surface area contributed by atoms with E-state index in [2.05, 4.69) is 194 Å². The Kier molecular flexibility index (Phi) is 5.65. The summed E-state index contributed by atoms with van der Waals surface area (Å²) in [6.07, 6.45) is 0. The van der Waals surface area contributed by atoms with Crippen molar-refractivity contribution < 1.29 is 0 Å². The molecule has 252 valence electrons. The summed E-state index contributed by atoms with van der Waals surface area (Å²) in [4.78, 5) is 0. The van der Waals surface area contributed by atoms with E-state index in [9.17, 15) is 0 Å². The van der Waals surface area contributed by atoms with E-state index >= 15 is 0 Å². The van der Waals surface area contributed by atoms with E-state index in [4.69, 9.17) is 0 Å². The van der Waals surface area contributed by atoms with Crippen LogP contribution in [0.4, 0.5) is 0 Å². The second-order valence-corrected chi connectivity index (χ2v) is 15.5. The lowest BCUT2D eigenvalue weighted by Gasteiger charge is -2.31. The van der Waals surface area contributed by atoms with Crippen molar-refractivity contribution in [2.24, 2.45) is 0 Å². The van der Waals surface area contributed by atoms with Gasteiger partial charge in [-0.15, -0.1) is 0 Å². The molecule has 0 saturated carbocycles. The van der Waals surface area contributed by atoms with Crippen LogP contribution in [-0.4, -0.2) is 0 Å². The van der Waals surface area contributed by atoms with Crippen LogP contribution in [0, 0.1) is 0 Å². The molecule has 0 bridgehead atoms. The Balaban J connectivity index is 1.10. The molecule has 0 amide bonds. The van der Waals surface area contributed by atoms with E-state index in [0.717, 1.165) is 0 Å². The summed E-state index contributed by atoms with van der Waals surface area (Å²) in [5.41, 5.74) is 20.8. The highest BCUT2D eigenvalue weighted by molar-refractivity contribution is 6.19. The minimum Gasteiger partial charge on any atom is -0.0619 e. The minimum atomic E-state index is -0.440. The highest BCUT2D eigenvalue weighted by atomic mass is 14.5. The van der Waals surface area contributed by atoms with Crippen molar-refractivity contribution in [2.75, 3.05) is 0 Å². The van der Waals surface area contributed by atoms with Crippen molar-refractivity contribution in [2.45, 2.75) is 5.41 Å². The number of rotatable bonds is 2. The molecular weight excluding hydrogens is 661 g/mol. The van der Waals surface area contributed by atoms with Gasteiger partial charge >= 0.3 is 0 Å². The molecule has 0 heterocycles. The average Bonchev–Trinajstić information content (AvgIpc) is 3.85. The van der Waals surface area contributed by atoms with Crippen molar-refractivity contribution in [1.29, 1.82) is 0 Å². The van der Waals surface area contributed by atoms with Gasteiger partial charge in [-0.3, -0.25) is 0 Å². The molecule has 3 aliphatic rings. The summed E-state index contributed by atoms with van der Waals surface area (Å²) in [7, 11) is 0. The van der Waals surface area contributed by atoms with Gasteiger partial charge in [0.2, 0.25) is 0 Å². The highest BCUT2D eigenvalue weighted by Gasteiger charge is 2.52. The van der Waals surface area contributed by atoms with Crippen LogP contribution in [0.15, 0.2) is 194 Å². The molecule has 55 heavy (non-hydrogen) atoms. The molecule has 0 nitrogen and oxygen atoms in total. The third-order valence-corrected chi connectivity index (χ3v) is 13.0. The third kappa shape index (κ3) is 3.67. The molecule has 13 rings (SSSR count). The van der Waals surface area contributed by atoms with E-state index in [1.807, 2.05) is 0 Å². The summed E-state index contributed by atoms with van der Waals surface area (Å²) < 4.78 is 0. The predicted octanol–water partition coefficient (Wildman–Crippen LogP) is 14.5. The molecular formula is C55H32. The molecule has 0 saturated heterocycles. The fourth-order valence-electron chi connectivity index (χ4n) is 10.8. The highest BCUT2D eigenvalue weighted by Crippen LogP contribution is 2.65. The molecule has 0 radical (unpaired) electrons. The SMILES string of the molecule is c1cc(-c2cc3c(c4ccccc24)-c2cc4ccccc4cc2C32c3ccccc3-c3ccccc32)cc(-c2ccc3c4c(cccc24)-c2ccccc2-3)c1. The standard InChI is InChI=1S/C55H32/c1-2-14-34-31-51-48(30-33(34)13-1)54-45-22-6-5-19-40(45)47(32-52(54)55(51)49-25-9-7-20-41(49)42-21-8-10-26-50(42)55)36-16-11-15-35(29-36)37-27-28-46-39-18-4-3-17-38(39)44-24-12-23-43(37)53(44)46/h1-32H. The second-order valence-electron chi connectivity index (χ2n) is 15.5. The maximum atomic E-state index is 2.56. The third-order valence-electron chi connectivity index (χ3n) is 13.0. The molecule has 0 N–H and O–H groups in total. The van der Waals surface area contributed by atoms with E-state index in [1.165, 1.54) is 121 Å². The quantitative estimate of drug-likeness (QED) is 0.169. The zero-order chi connectivity index (χ0) is 35.8. The Morgan fingerprint density at radius 1 is 0.255 bits per heavy atom. The summed E-state index contributed by atoms with van der Waals surface area (Å²) in [6, 6.07) is 73.4. The van der Waals surface area contributed by atoms with Gasteiger partial charge in [0.25, 0.3) is 0 Å². The first kappa shape index (κ1) is 29.4. The van der Waals surface area contributed by atoms with Crippen molar-refractivity contribution >= 4 is 32.3 Å². The monoisotopic (exact) mass is 692 g/mol. The van der Waals surface area contributed by atoms with Crippen molar-refractivity contribution in [3.63, 3.8) is 0 Å². The van der Waals surface area contributed by atoms with Gasteiger partial charge in [0.15, 0.2) is 0 Å². The van der Waals surface area contributed by atoms with Crippen molar-refractivity contribution in [3.05, 3.63) is 216 Å². The van der Waals surface area contributed by atoms with Crippen molar-refractivity contribution in [3.8, 4) is 66.8 Å². The van der Waals surface area contributed by atoms with E-state index < -0.39 is 5.41 Å². The molecule has 1 spiro atoms. The molecule has 0 aliphatic heterocycles. The Labute approximate surface area is 319 Å². The van der Waals surface area contributed by atoms with Crippen LogP contribution in [0.2, 0.25) is 0 Å². The number of hydrogen-bond donors (Lipinski definition) is 0. The van der Waals surface area contributed by atoms with Gasteiger partial charge in [-0.2, -0.15) is 0 Å². The maximum Gasteiger partial charge on any atom is 0.0726 e. The predicted molar refractivity (Wildman–Crippen MR) is 231 cm³/mol. The zero-order valence-electron chi connectivity index (χ0n) is 30.0. The maximum absolute atomic E-state index is 2.56. The number of hydrogen-bond acceptors (Lipinski definition) is 0. The first-order chi connectivity index (χ1) is 27.3. The van der Waals surface area contributed by atoms with Crippen molar-refractivity contribution in [1.82, 2.24) is 0 Å². The average molecular weight is 693 g/mol. The molecule has 0 fully saturated rings. The van der Waals surface area contributed by atoms with Gasteiger partial charge in [-0.1, -0.05) is 170 Å². The smallest absolute Gasteiger partial charge is 0.0619 e. The molecule has 10 aromatic carbocycles. The number of benzene rings is 10. The second kappa shape index (κ2) is 10.6. The van der Waals surface area contributed by atoms with Crippen LogP contribution >= 0.6 is 0 Å². The van der Waals surface area contributed by atoms with Gasteiger partial charge in [-0.05, 0) is 146 Å². The Bertz CT molecular complexity index is 3250.